The average Bonchev–Trinajstić information content (AvgIpc) is 2.37. The second kappa shape index (κ2) is 3.77. The Morgan fingerprint density at radius 3 is 3.06 bits per heavy atom. The van der Waals surface area contributed by atoms with Crippen molar-refractivity contribution in [3.05, 3.63) is 47.5 Å². The smallest absolute Gasteiger partial charge is 0.102 e. The maximum atomic E-state index is 9.15. The van der Waals surface area contributed by atoms with Crippen LogP contribution in [-0.4, -0.2) is 17.5 Å². The minimum Gasteiger partial charge on any atom is -0.277 e. The molecule has 0 aromatic heterocycles. The van der Waals surface area contributed by atoms with Crippen molar-refractivity contribution in [3.63, 3.8) is 0 Å². The maximum absolute atomic E-state index is 9.15. The molecule has 1 aromatic rings. The molecule has 2 heterocycles. The van der Waals surface area contributed by atoms with Crippen molar-refractivity contribution >= 4 is 0 Å². The third-order valence-electron chi connectivity index (χ3n) is 3.60. The van der Waals surface area contributed by atoms with Crippen molar-refractivity contribution in [1.29, 1.82) is 5.26 Å². The standard InChI is InChI=1S/C14H14N2/c15-10-12-5-3-7-14-13-6-2-1-4-11(13)8-9-16(12)14/h1-4,6-7,12,14H,5,8-9H2/t12-,14-/m1/s1. The van der Waals surface area contributed by atoms with Crippen molar-refractivity contribution in [2.75, 3.05) is 6.54 Å². The molecule has 2 atom stereocenters. The highest BCUT2D eigenvalue weighted by Crippen LogP contribution is 2.35. The Kier molecular flexibility index (Phi) is 2.27. The van der Waals surface area contributed by atoms with Gasteiger partial charge < -0.3 is 0 Å². The fourth-order valence-corrected chi connectivity index (χ4v) is 2.78. The highest BCUT2D eigenvalue weighted by atomic mass is 15.2. The van der Waals surface area contributed by atoms with Gasteiger partial charge in [-0.1, -0.05) is 36.4 Å². The van der Waals surface area contributed by atoms with Gasteiger partial charge in [0.2, 0.25) is 0 Å². The molecule has 16 heavy (non-hydrogen) atoms. The number of fused-ring (bicyclic) bond motifs is 3. The lowest BCUT2D eigenvalue weighted by atomic mass is 9.88. The number of benzene rings is 1. The summed E-state index contributed by atoms with van der Waals surface area (Å²) in [4.78, 5) is 2.32. The van der Waals surface area contributed by atoms with Gasteiger partial charge in [-0.15, -0.1) is 0 Å². The molecule has 0 saturated carbocycles. The quantitative estimate of drug-likeness (QED) is 0.615. The van der Waals surface area contributed by atoms with Crippen molar-refractivity contribution in [2.24, 2.45) is 0 Å². The monoisotopic (exact) mass is 210 g/mol. The average molecular weight is 210 g/mol. The Morgan fingerprint density at radius 1 is 1.31 bits per heavy atom. The summed E-state index contributed by atoms with van der Waals surface area (Å²) in [6.07, 6.45) is 6.33. The Balaban J connectivity index is 2.04. The zero-order valence-electron chi connectivity index (χ0n) is 9.13. The van der Waals surface area contributed by atoms with Gasteiger partial charge in [-0.05, 0) is 24.0 Å². The van der Waals surface area contributed by atoms with E-state index < -0.39 is 0 Å². The van der Waals surface area contributed by atoms with Crippen LogP contribution in [0.4, 0.5) is 0 Å². The summed E-state index contributed by atoms with van der Waals surface area (Å²) < 4.78 is 0. The zero-order valence-corrected chi connectivity index (χ0v) is 9.13. The van der Waals surface area contributed by atoms with Gasteiger partial charge >= 0.3 is 0 Å². The molecule has 1 aromatic carbocycles. The Hall–Kier alpha value is -1.59. The largest absolute Gasteiger partial charge is 0.277 e. The molecule has 2 aliphatic rings. The third-order valence-corrected chi connectivity index (χ3v) is 3.60. The van der Waals surface area contributed by atoms with E-state index in [-0.39, 0.29) is 6.04 Å². The van der Waals surface area contributed by atoms with Crippen LogP contribution in [0.25, 0.3) is 0 Å². The topological polar surface area (TPSA) is 27.0 Å². The summed E-state index contributed by atoms with van der Waals surface area (Å²) in [6, 6.07) is 11.4. The molecule has 0 spiro atoms. The van der Waals surface area contributed by atoms with Crippen LogP contribution < -0.4 is 0 Å². The molecule has 2 nitrogen and oxygen atoms in total. The van der Waals surface area contributed by atoms with Crippen LogP contribution in [0, 0.1) is 11.3 Å². The first-order chi connectivity index (χ1) is 7.90. The molecular weight excluding hydrogens is 196 g/mol. The molecule has 0 radical (unpaired) electrons. The Labute approximate surface area is 95.8 Å². The molecule has 0 saturated heterocycles. The van der Waals surface area contributed by atoms with E-state index in [1.54, 1.807) is 0 Å². The van der Waals surface area contributed by atoms with Gasteiger partial charge in [0.15, 0.2) is 0 Å². The van der Waals surface area contributed by atoms with Crippen LogP contribution >= 0.6 is 0 Å². The summed E-state index contributed by atoms with van der Waals surface area (Å²) in [7, 11) is 0. The van der Waals surface area contributed by atoms with E-state index in [1.807, 2.05) is 0 Å². The summed E-state index contributed by atoms with van der Waals surface area (Å²) in [5, 5.41) is 9.15. The highest BCUT2D eigenvalue weighted by molar-refractivity contribution is 5.36. The van der Waals surface area contributed by atoms with Gasteiger partial charge in [-0.2, -0.15) is 5.26 Å². The lowest BCUT2D eigenvalue weighted by Gasteiger charge is -2.40. The predicted molar refractivity (Wildman–Crippen MR) is 62.8 cm³/mol. The third kappa shape index (κ3) is 1.36. The molecule has 0 bridgehead atoms. The number of rotatable bonds is 0. The number of hydrogen-bond donors (Lipinski definition) is 0. The summed E-state index contributed by atoms with van der Waals surface area (Å²) in [6.45, 7) is 1.00. The predicted octanol–water partition coefficient (Wildman–Crippen LogP) is 2.44. The van der Waals surface area contributed by atoms with Gasteiger partial charge in [0.05, 0.1) is 12.1 Å². The normalized spacial score (nSPS) is 27.9. The van der Waals surface area contributed by atoms with Crippen LogP contribution in [0.15, 0.2) is 36.4 Å². The minimum atomic E-state index is 0.0587. The Morgan fingerprint density at radius 2 is 2.19 bits per heavy atom. The number of nitriles is 1. The van der Waals surface area contributed by atoms with Crippen LogP contribution in [0.3, 0.4) is 0 Å². The fraction of sp³-hybridized carbons (Fsp3) is 0.357. The second-order valence-corrected chi connectivity index (χ2v) is 4.44. The minimum absolute atomic E-state index is 0.0587. The number of nitrogens with zero attached hydrogens (tertiary/aromatic N) is 2. The molecule has 0 fully saturated rings. The van der Waals surface area contributed by atoms with E-state index in [2.05, 4.69) is 47.4 Å². The van der Waals surface area contributed by atoms with E-state index in [0.29, 0.717) is 6.04 Å². The maximum Gasteiger partial charge on any atom is 0.102 e. The summed E-state index contributed by atoms with van der Waals surface area (Å²) in [5.74, 6) is 0. The molecule has 0 amide bonds. The molecule has 3 rings (SSSR count). The molecule has 2 heteroatoms. The molecular formula is C14H14N2. The van der Waals surface area contributed by atoms with Gasteiger partial charge in [0, 0.05) is 6.54 Å². The molecule has 0 N–H and O–H groups in total. The Bertz CT molecular complexity index is 470. The summed E-state index contributed by atoms with van der Waals surface area (Å²) in [5.41, 5.74) is 2.82. The molecule has 80 valence electrons. The van der Waals surface area contributed by atoms with Crippen molar-refractivity contribution in [2.45, 2.75) is 24.9 Å². The SMILES string of the molecule is N#C[C@H]1CC=C[C@@H]2c3ccccc3CCN21. The molecule has 0 unspecified atom stereocenters. The lowest BCUT2D eigenvalue weighted by Crippen LogP contribution is -2.43. The first-order valence-electron chi connectivity index (χ1n) is 5.80. The van der Waals surface area contributed by atoms with Crippen LogP contribution in [0.2, 0.25) is 0 Å². The molecule has 2 aliphatic heterocycles. The highest BCUT2D eigenvalue weighted by Gasteiger charge is 2.32. The zero-order chi connectivity index (χ0) is 11.0. The van der Waals surface area contributed by atoms with Crippen LogP contribution in [0.1, 0.15) is 23.6 Å². The van der Waals surface area contributed by atoms with Crippen LogP contribution in [-0.2, 0) is 6.42 Å². The lowest BCUT2D eigenvalue weighted by molar-refractivity contribution is 0.174. The van der Waals surface area contributed by atoms with E-state index >= 15 is 0 Å². The van der Waals surface area contributed by atoms with Gasteiger partial charge in [0.25, 0.3) is 0 Å². The van der Waals surface area contributed by atoms with Crippen molar-refractivity contribution in [1.82, 2.24) is 4.90 Å². The van der Waals surface area contributed by atoms with Gasteiger partial charge in [-0.3, -0.25) is 4.90 Å². The molecule has 0 aliphatic carbocycles. The van der Waals surface area contributed by atoms with E-state index in [1.165, 1.54) is 11.1 Å². The second-order valence-electron chi connectivity index (χ2n) is 4.44. The van der Waals surface area contributed by atoms with Crippen molar-refractivity contribution < 1.29 is 0 Å². The first kappa shape index (κ1) is 9.62. The van der Waals surface area contributed by atoms with Crippen molar-refractivity contribution in [3.8, 4) is 6.07 Å². The first-order valence-corrected chi connectivity index (χ1v) is 5.80. The van der Waals surface area contributed by atoms with E-state index in [9.17, 15) is 0 Å². The van der Waals surface area contributed by atoms with E-state index in [0.717, 1.165) is 19.4 Å². The fourth-order valence-electron chi connectivity index (χ4n) is 2.78. The van der Waals surface area contributed by atoms with Crippen LogP contribution in [0.5, 0.6) is 0 Å². The number of hydrogen-bond acceptors (Lipinski definition) is 2. The van der Waals surface area contributed by atoms with Gasteiger partial charge in [-0.25, -0.2) is 0 Å². The van der Waals surface area contributed by atoms with Gasteiger partial charge in [0.1, 0.15) is 6.04 Å². The van der Waals surface area contributed by atoms with E-state index in [4.69, 9.17) is 5.26 Å². The summed E-state index contributed by atoms with van der Waals surface area (Å²) >= 11 is 0.